The van der Waals surface area contributed by atoms with Crippen molar-refractivity contribution in [2.75, 3.05) is 32.6 Å². The number of nitrogens with one attached hydrogen (secondary N) is 1. The number of hydrogen-bond acceptors (Lipinski definition) is 4. The van der Waals surface area contributed by atoms with Gasteiger partial charge in [0.15, 0.2) is 0 Å². The Hall–Kier alpha value is -1.29. The summed E-state index contributed by atoms with van der Waals surface area (Å²) in [5, 5.41) is 3.56. The largest absolute Gasteiger partial charge is 0.481 e. The Bertz CT molecular complexity index is 352. The summed E-state index contributed by atoms with van der Waals surface area (Å²) in [6.07, 6.45) is 3.02. The number of nitrogens with zero attached hydrogens (tertiary/aromatic N) is 2. The first-order chi connectivity index (χ1) is 8.19. The number of pyridine rings is 1. The van der Waals surface area contributed by atoms with E-state index in [0.717, 1.165) is 18.8 Å². The summed E-state index contributed by atoms with van der Waals surface area (Å²) in [6, 6.07) is 4.46. The van der Waals surface area contributed by atoms with Crippen LogP contribution in [0.2, 0.25) is 0 Å². The highest BCUT2D eigenvalue weighted by Gasteiger charge is 2.23. The fourth-order valence-corrected chi connectivity index (χ4v) is 2.37. The highest BCUT2D eigenvalue weighted by atomic mass is 16.5. The summed E-state index contributed by atoms with van der Waals surface area (Å²) in [6.45, 7) is 4.61. The summed E-state index contributed by atoms with van der Waals surface area (Å²) in [4.78, 5) is 6.59. The third kappa shape index (κ3) is 3.09. The van der Waals surface area contributed by atoms with Crippen molar-refractivity contribution in [1.82, 2.24) is 9.88 Å². The highest BCUT2D eigenvalue weighted by Crippen LogP contribution is 2.20. The molecule has 1 saturated heterocycles. The van der Waals surface area contributed by atoms with Crippen LogP contribution >= 0.6 is 0 Å². The van der Waals surface area contributed by atoms with E-state index in [0.29, 0.717) is 17.8 Å². The van der Waals surface area contributed by atoms with Crippen LogP contribution in [-0.2, 0) is 0 Å². The average molecular weight is 235 g/mol. The van der Waals surface area contributed by atoms with Crippen LogP contribution in [-0.4, -0.2) is 43.2 Å². The number of piperidine rings is 1. The maximum Gasteiger partial charge on any atom is 0.213 e. The minimum Gasteiger partial charge on any atom is -0.481 e. The Morgan fingerprint density at radius 3 is 2.88 bits per heavy atom. The van der Waals surface area contributed by atoms with E-state index in [2.05, 4.69) is 29.2 Å². The lowest BCUT2D eigenvalue weighted by Crippen LogP contribution is -2.43. The van der Waals surface area contributed by atoms with Gasteiger partial charge < -0.3 is 15.0 Å². The summed E-state index contributed by atoms with van der Waals surface area (Å²) in [7, 11) is 3.82. The van der Waals surface area contributed by atoms with Gasteiger partial charge in [-0.3, -0.25) is 0 Å². The highest BCUT2D eigenvalue weighted by molar-refractivity contribution is 5.43. The van der Waals surface area contributed by atoms with Crippen molar-refractivity contribution in [3.8, 4) is 5.88 Å². The van der Waals surface area contributed by atoms with Crippen molar-refractivity contribution in [2.24, 2.45) is 5.92 Å². The zero-order chi connectivity index (χ0) is 12.3. The summed E-state index contributed by atoms with van der Waals surface area (Å²) in [5.41, 5.74) is 1.08. The smallest absolute Gasteiger partial charge is 0.213 e. The number of rotatable bonds is 3. The molecular formula is C13H21N3O. The number of ether oxygens (including phenoxy) is 1. The van der Waals surface area contributed by atoms with E-state index in [9.17, 15) is 0 Å². The van der Waals surface area contributed by atoms with Crippen molar-refractivity contribution in [3.63, 3.8) is 0 Å². The molecule has 0 bridgehead atoms. The molecule has 0 aromatic carbocycles. The number of aromatic nitrogens is 1. The quantitative estimate of drug-likeness (QED) is 0.867. The first-order valence-corrected chi connectivity index (χ1v) is 6.14. The lowest BCUT2D eigenvalue weighted by atomic mass is 9.94. The van der Waals surface area contributed by atoms with Crippen molar-refractivity contribution in [1.29, 1.82) is 0 Å². The zero-order valence-electron chi connectivity index (χ0n) is 10.8. The number of anilines is 1. The molecule has 2 heterocycles. The van der Waals surface area contributed by atoms with Crippen LogP contribution in [0.5, 0.6) is 5.88 Å². The molecule has 1 aromatic rings. The molecule has 2 rings (SSSR count). The summed E-state index contributed by atoms with van der Waals surface area (Å²) < 4.78 is 5.05. The Morgan fingerprint density at radius 2 is 2.29 bits per heavy atom. The SMILES string of the molecule is COc1ccc(N[C@H]2CCN(C)C[C@@H]2C)cn1. The molecule has 0 spiro atoms. The molecular weight excluding hydrogens is 214 g/mol. The first kappa shape index (κ1) is 12.2. The van der Waals surface area contributed by atoms with E-state index in [1.165, 1.54) is 6.42 Å². The number of likely N-dealkylation sites (tertiary alicyclic amines) is 1. The maximum absolute atomic E-state index is 5.05. The molecule has 94 valence electrons. The van der Waals surface area contributed by atoms with Crippen molar-refractivity contribution >= 4 is 5.69 Å². The van der Waals surface area contributed by atoms with Crippen LogP contribution in [0, 0.1) is 5.92 Å². The second-order valence-corrected chi connectivity index (χ2v) is 4.87. The van der Waals surface area contributed by atoms with Crippen LogP contribution in [0.3, 0.4) is 0 Å². The second-order valence-electron chi connectivity index (χ2n) is 4.87. The van der Waals surface area contributed by atoms with Gasteiger partial charge in [0, 0.05) is 18.7 Å². The maximum atomic E-state index is 5.05. The molecule has 0 unspecified atom stereocenters. The Morgan fingerprint density at radius 1 is 1.47 bits per heavy atom. The van der Waals surface area contributed by atoms with Gasteiger partial charge in [-0.05, 0) is 32.0 Å². The molecule has 1 aliphatic rings. The predicted molar refractivity (Wildman–Crippen MR) is 69.5 cm³/mol. The Kier molecular flexibility index (Phi) is 3.84. The van der Waals surface area contributed by atoms with Gasteiger partial charge in [0.25, 0.3) is 0 Å². The normalized spacial score (nSPS) is 25.6. The molecule has 17 heavy (non-hydrogen) atoms. The van der Waals surface area contributed by atoms with Crippen LogP contribution < -0.4 is 10.1 Å². The molecule has 4 heteroatoms. The van der Waals surface area contributed by atoms with Crippen molar-refractivity contribution < 1.29 is 4.74 Å². The van der Waals surface area contributed by atoms with Gasteiger partial charge in [0.05, 0.1) is 19.0 Å². The van der Waals surface area contributed by atoms with E-state index in [1.807, 2.05) is 18.3 Å². The van der Waals surface area contributed by atoms with Gasteiger partial charge in [0.1, 0.15) is 0 Å². The molecule has 4 nitrogen and oxygen atoms in total. The molecule has 2 atom stereocenters. The van der Waals surface area contributed by atoms with Gasteiger partial charge in [-0.15, -0.1) is 0 Å². The van der Waals surface area contributed by atoms with Crippen LogP contribution in [0.4, 0.5) is 5.69 Å². The lowest BCUT2D eigenvalue weighted by molar-refractivity contribution is 0.206. The summed E-state index contributed by atoms with van der Waals surface area (Å²) >= 11 is 0. The standard InChI is InChI=1S/C13H21N3O/c1-10-9-16(2)7-6-12(10)15-11-4-5-13(17-3)14-8-11/h4-5,8,10,12,15H,6-7,9H2,1-3H3/t10-,12-/m0/s1. The zero-order valence-corrected chi connectivity index (χ0v) is 10.8. The van der Waals surface area contributed by atoms with E-state index in [1.54, 1.807) is 7.11 Å². The number of hydrogen-bond donors (Lipinski definition) is 1. The molecule has 0 saturated carbocycles. The third-order valence-corrected chi connectivity index (χ3v) is 3.41. The molecule has 1 aliphatic heterocycles. The van der Waals surface area contributed by atoms with Crippen molar-refractivity contribution in [2.45, 2.75) is 19.4 Å². The van der Waals surface area contributed by atoms with Crippen LogP contribution in [0.25, 0.3) is 0 Å². The molecule has 1 fully saturated rings. The molecule has 0 amide bonds. The second kappa shape index (κ2) is 5.36. The van der Waals surface area contributed by atoms with Gasteiger partial charge in [-0.1, -0.05) is 6.92 Å². The Labute approximate surface area is 103 Å². The summed E-state index contributed by atoms with van der Waals surface area (Å²) in [5.74, 6) is 1.32. The van der Waals surface area contributed by atoms with Gasteiger partial charge >= 0.3 is 0 Å². The Balaban J connectivity index is 1.95. The topological polar surface area (TPSA) is 37.4 Å². The average Bonchev–Trinajstić information content (AvgIpc) is 2.34. The number of methoxy groups -OCH3 is 1. The van der Waals surface area contributed by atoms with E-state index >= 15 is 0 Å². The minimum absolute atomic E-state index is 0.543. The fraction of sp³-hybridized carbons (Fsp3) is 0.615. The predicted octanol–water partition coefficient (Wildman–Crippen LogP) is 1.84. The molecule has 0 aliphatic carbocycles. The fourth-order valence-electron chi connectivity index (χ4n) is 2.37. The van der Waals surface area contributed by atoms with E-state index in [-0.39, 0.29) is 0 Å². The minimum atomic E-state index is 0.543. The van der Waals surface area contributed by atoms with Gasteiger partial charge in [-0.2, -0.15) is 0 Å². The van der Waals surface area contributed by atoms with Crippen LogP contribution in [0.15, 0.2) is 18.3 Å². The molecule has 1 N–H and O–H groups in total. The van der Waals surface area contributed by atoms with Gasteiger partial charge in [-0.25, -0.2) is 4.98 Å². The van der Waals surface area contributed by atoms with E-state index in [4.69, 9.17) is 4.74 Å². The first-order valence-electron chi connectivity index (χ1n) is 6.14. The lowest BCUT2D eigenvalue weighted by Gasteiger charge is -2.35. The van der Waals surface area contributed by atoms with Crippen molar-refractivity contribution in [3.05, 3.63) is 18.3 Å². The molecule has 1 aromatic heterocycles. The van der Waals surface area contributed by atoms with E-state index < -0.39 is 0 Å². The van der Waals surface area contributed by atoms with Gasteiger partial charge in [0.2, 0.25) is 5.88 Å². The molecule has 0 radical (unpaired) electrons. The van der Waals surface area contributed by atoms with Crippen LogP contribution in [0.1, 0.15) is 13.3 Å². The monoisotopic (exact) mass is 235 g/mol. The third-order valence-electron chi connectivity index (χ3n) is 3.41.